The lowest BCUT2D eigenvalue weighted by Gasteiger charge is -2.28. The van der Waals surface area contributed by atoms with Crippen molar-refractivity contribution < 1.29 is 0 Å². The lowest BCUT2D eigenvalue weighted by atomic mass is 9.78. The van der Waals surface area contributed by atoms with E-state index in [1.54, 1.807) is 38.5 Å². The summed E-state index contributed by atoms with van der Waals surface area (Å²) in [7, 11) is 0. The molecular weight excluding hydrogens is 312 g/mol. The van der Waals surface area contributed by atoms with Crippen molar-refractivity contribution in [2.45, 2.75) is 155 Å². The first-order valence-corrected chi connectivity index (χ1v) is 12.9. The maximum atomic E-state index is 2.31. The minimum absolute atomic E-state index is 1.09. The summed E-state index contributed by atoms with van der Waals surface area (Å²) in [5.41, 5.74) is 0. The van der Waals surface area contributed by atoms with Crippen LogP contribution in [0.15, 0.2) is 0 Å². The fourth-order valence-electron chi connectivity index (χ4n) is 4.94. The Bertz CT molecular complexity index is 233. The largest absolute Gasteiger partial charge is 0.0654 e. The quantitative estimate of drug-likeness (QED) is 0.212. The van der Waals surface area contributed by atoms with E-state index in [1.807, 2.05) is 0 Å². The van der Waals surface area contributed by atoms with Crippen LogP contribution in [-0.2, 0) is 0 Å². The highest BCUT2D eigenvalue weighted by molar-refractivity contribution is 4.73. The minimum Gasteiger partial charge on any atom is -0.0654 e. The topological polar surface area (TPSA) is 0 Å². The molecule has 0 unspecified atom stereocenters. The highest BCUT2D eigenvalue weighted by atomic mass is 14.3. The van der Waals surface area contributed by atoms with Gasteiger partial charge in [-0.3, -0.25) is 0 Å². The van der Waals surface area contributed by atoms with Gasteiger partial charge in [-0.2, -0.15) is 0 Å². The van der Waals surface area contributed by atoms with E-state index in [4.69, 9.17) is 0 Å². The third-order valence-corrected chi connectivity index (χ3v) is 6.90. The van der Waals surface area contributed by atoms with Gasteiger partial charge in [0.15, 0.2) is 0 Å². The number of unbranched alkanes of at least 4 members (excludes halogenated alkanes) is 14. The molecule has 0 N–H and O–H groups in total. The van der Waals surface area contributed by atoms with Crippen molar-refractivity contribution >= 4 is 0 Å². The zero-order valence-electron chi connectivity index (χ0n) is 18.7. The molecule has 1 saturated carbocycles. The van der Waals surface area contributed by atoms with Crippen LogP contribution in [0.2, 0.25) is 0 Å². The van der Waals surface area contributed by atoms with Crippen molar-refractivity contribution in [2.75, 3.05) is 0 Å². The third kappa shape index (κ3) is 14.1. The summed E-state index contributed by atoms with van der Waals surface area (Å²) >= 11 is 0. The molecule has 0 radical (unpaired) electrons. The van der Waals surface area contributed by atoms with Crippen LogP contribution < -0.4 is 0 Å². The van der Waals surface area contributed by atoms with E-state index in [1.165, 1.54) is 103 Å². The molecule has 1 aliphatic rings. The van der Waals surface area contributed by atoms with Gasteiger partial charge >= 0.3 is 0 Å². The van der Waals surface area contributed by atoms with Crippen molar-refractivity contribution in [3.63, 3.8) is 0 Å². The molecular formula is C26H52. The van der Waals surface area contributed by atoms with Crippen molar-refractivity contribution in [1.29, 1.82) is 0 Å². The molecule has 0 nitrogen and oxygen atoms in total. The van der Waals surface area contributed by atoms with E-state index in [2.05, 4.69) is 13.8 Å². The molecule has 0 atom stereocenters. The first-order valence-electron chi connectivity index (χ1n) is 12.9. The molecule has 156 valence electrons. The molecule has 0 aromatic carbocycles. The monoisotopic (exact) mass is 364 g/mol. The van der Waals surface area contributed by atoms with Gasteiger partial charge in [-0.15, -0.1) is 0 Å². The van der Waals surface area contributed by atoms with E-state index in [9.17, 15) is 0 Å². The van der Waals surface area contributed by atoms with Gasteiger partial charge in [0, 0.05) is 0 Å². The molecule has 0 aliphatic heterocycles. The normalized spacial score (nSPS) is 20.5. The first-order chi connectivity index (χ1) is 12.9. The molecule has 0 amide bonds. The van der Waals surface area contributed by atoms with Crippen LogP contribution in [0.1, 0.15) is 155 Å². The van der Waals surface area contributed by atoms with Crippen LogP contribution in [0.4, 0.5) is 0 Å². The van der Waals surface area contributed by atoms with Gasteiger partial charge < -0.3 is 0 Å². The summed E-state index contributed by atoms with van der Waals surface area (Å²) in [6.45, 7) is 4.62. The Kier molecular flexibility index (Phi) is 17.0. The Morgan fingerprint density at radius 3 is 0.962 bits per heavy atom. The summed E-state index contributed by atoms with van der Waals surface area (Å²) in [5.74, 6) is 2.18. The van der Waals surface area contributed by atoms with Crippen molar-refractivity contribution in [3.05, 3.63) is 0 Å². The molecule has 1 fully saturated rings. The van der Waals surface area contributed by atoms with Crippen LogP contribution in [0, 0.1) is 11.8 Å². The molecule has 0 spiro atoms. The molecule has 26 heavy (non-hydrogen) atoms. The molecule has 0 aromatic rings. The zero-order valence-corrected chi connectivity index (χ0v) is 18.7. The zero-order chi connectivity index (χ0) is 18.7. The summed E-state index contributed by atoms with van der Waals surface area (Å²) in [6.07, 6.45) is 32.9. The van der Waals surface area contributed by atoms with Crippen LogP contribution in [0.25, 0.3) is 0 Å². The van der Waals surface area contributed by atoms with Crippen molar-refractivity contribution in [3.8, 4) is 0 Å². The maximum Gasteiger partial charge on any atom is -0.0414 e. The molecule has 0 heteroatoms. The molecule has 0 heterocycles. The third-order valence-electron chi connectivity index (χ3n) is 6.90. The van der Waals surface area contributed by atoms with Crippen molar-refractivity contribution in [1.82, 2.24) is 0 Å². The highest BCUT2D eigenvalue weighted by Gasteiger charge is 2.20. The van der Waals surface area contributed by atoms with Crippen LogP contribution in [0.3, 0.4) is 0 Å². The predicted molar refractivity (Wildman–Crippen MR) is 120 cm³/mol. The predicted octanol–water partition coefficient (Wildman–Crippen LogP) is 9.85. The SMILES string of the molecule is CCCCCCCCCCC1CCC(CCCCCCCCCC)CC1. The molecule has 0 aromatic heterocycles. The van der Waals surface area contributed by atoms with Crippen LogP contribution in [-0.4, -0.2) is 0 Å². The molecule has 0 bridgehead atoms. The second-order valence-electron chi connectivity index (χ2n) is 9.41. The van der Waals surface area contributed by atoms with E-state index in [0.29, 0.717) is 0 Å². The Morgan fingerprint density at radius 2 is 0.654 bits per heavy atom. The van der Waals surface area contributed by atoms with Crippen LogP contribution in [0.5, 0.6) is 0 Å². The summed E-state index contributed by atoms with van der Waals surface area (Å²) < 4.78 is 0. The van der Waals surface area contributed by atoms with Gasteiger partial charge in [-0.25, -0.2) is 0 Å². The fourth-order valence-corrected chi connectivity index (χ4v) is 4.94. The first kappa shape index (κ1) is 24.0. The highest BCUT2D eigenvalue weighted by Crippen LogP contribution is 2.34. The Morgan fingerprint density at radius 1 is 0.385 bits per heavy atom. The second-order valence-corrected chi connectivity index (χ2v) is 9.41. The summed E-state index contributed by atoms with van der Waals surface area (Å²) in [5, 5.41) is 0. The van der Waals surface area contributed by atoms with Gasteiger partial charge in [-0.05, 0) is 11.8 Å². The molecule has 1 rings (SSSR count). The Hall–Kier alpha value is 0. The minimum atomic E-state index is 1.09. The van der Waals surface area contributed by atoms with Gasteiger partial charge in [0.2, 0.25) is 0 Å². The summed E-state index contributed by atoms with van der Waals surface area (Å²) in [6, 6.07) is 0. The van der Waals surface area contributed by atoms with Gasteiger partial charge in [0.25, 0.3) is 0 Å². The molecule has 1 aliphatic carbocycles. The average Bonchev–Trinajstić information content (AvgIpc) is 2.67. The van der Waals surface area contributed by atoms with E-state index >= 15 is 0 Å². The van der Waals surface area contributed by atoms with Gasteiger partial charge in [0.1, 0.15) is 0 Å². The lowest BCUT2D eigenvalue weighted by Crippen LogP contribution is -2.14. The number of hydrogen-bond donors (Lipinski definition) is 0. The van der Waals surface area contributed by atoms with Crippen molar-refractivity contribution in [2.24, 2.45) is 11.8 Å². The summed E-state index contributed by atoms with van der Waals surface area (Å²) in [4.78, 5) is 0. The molecule has 0 saturated heterocycles. The van der Waals surface area contributed by atoms with E-state index < -0.39 is 0 Å². The van der Waals surface area contributed by atoms with E-state index in [0.717, 1.165) is 11.8 Å². The average molecular weight is 365 g/mol. The second kappa shape index (κ2) is 18.4. The Balaban J connectivity index is 1.83. The number of rotatable bonds is 18. The van der Waals surface area contributed by atoms with Gasteiger partial charge in [0.05, 0.1) is 0 Å². The lowest BCUT2D eigenvalue weighted by molar-refractivity contribution is 0.244. The number of hydrogen-bond acceptors (Lipinski definition) is 0. The van der Waals surface area contributed by atoms with Gasteiger partial charge in [-0.1, -0.05) is 155 Å². The van der Waals surface area contributed by atoms with Crippen LogP contribution >= 0.6 is 0 Å². The fraction of sp³-hybridized carbons (Fsp3) is 1.00. The standard InChI is InChI=1S/C26H52/c1-3-5-7-9-11-13-15-17-19-25-21-23-26(24-22-25)20-18-16-14-12-10-8-6-4-2/h25-26H,3-24H2,1-2H3. The smallest absolute Gasteiger partial charge is 0.0414 e. The Labute approximate surface area is 167 Å². The maximum absolute atomic E-state index is 2.31. The van der Waals surface area contributed by atoms with E-state index in [-0.39, 0.29) is 0 Å².